The molecule has 0 aliphatic heterocycles. The summed E-state index contributed by atoms with van der Waals surface area (Å²) in [6.07, 6.45) is 4.94. The third kappa shape index (κ3) is 6.59. The van der Waals surface area contributed by atoms with Crippen LogP contribution in [0.15, 0.2) is 54.1 Å². The molecule has 2 aromatic rings. The lowest BCUT2D eigenvalue weighted by atomic mass is 10.0. The molecule has 0 spiro atoms. The molecule has 1 N–H and O–H groups in total. The minimum absolute atomic E-state index is 0.0668. The van der Waals surface area contributed by atoms with Crippen molar-refractivity contribution in [3.63, 3.8) is 0 Å². The molecule has 0 radical (unpaired) electrons. The maximum absolute atomic E-state index is 12.4. The minimum Gasteiger partial charge on any atom is -0.494 e. The van der Waals surface area contributed by atoms with Crippen LogP contribution in [0.2, 0.25) is 0 Å². The Morgan fingerprint density at radius 1 is 1.11 bits per heavy atom. The maximum atomic E-state index is 12.4. The van der Waals surface area contributed by atoms with E-state index in [4.69, 9.17) is 4.74 Å². The molecule has 0 unspecified atom stereocenters. The fourth-order valence-corrected chi connectivity index (χ4v) is 2.67. The van der Waals surface area contributed by atoms with Gasteiger partial charge in [-0.1, -0.05) is 57.9 Å². The lowest BCUT2D eigenvalue weighted by molar-refractivity contribution is -0.112. The smallest absolute Gasteiger partial charge is 0.266 e. The Hall–Kier alpha value is -3.06. The van der Waals surface area contributed by atoms with E-state index < -0.39 is 5.91 Å². The van der Waals surface area contributed by atoms with Gasteiger partial charge in [0.2, 0.25) is 0 Å². The van der Waals surface area contributed by atoms with Gasteiger partial charge in [-0.25, -0.2) is 0 Å². The van der Waals surface area contributed by atoms with E-state index in [1.165, 1.54) is 5.56 Å². The van der Waals surface area contributed by atoms with Crippen molar-refractivity contribution in [1.29, 1.82) is 5.26 Å². The Balaban J connectivity index is 1.98. The van der Waals surface area contributed by atoms with Crippen LogP contribution in [0.1, 0.15) is 57.1 Å². The molecule has 0 saturated carbocycles. The zero-order chi connectivity index (χ0) is 20.4. The zero-order valence-electron chi connectivity index (χ0n) is 16.9. The van der Waals surface area contributed by atoms with E-state index in [0.29, 0.717) is 18.2 Å². The quantitative estimate of drug-likeness (QED) is 0.335. The summed E-state index contributed by atoms with van der Waals surface area (Å²) >= 11 is 0. The molecule has 0 aliphatic carbocycles. The first-order valence-electron chi connectivity index (χ1n) is 9.79. The first-order chi connectivity index (χ1) is 13.5. The molecule has 0 aliphatic rings. The van der Waals surface area contributed by atoms with Gasteiger partial charge in [-0.05, 0) is 53.8 Å². The van der Waals surface area contributed by atoms with Gasteiger partial charge in [-0.2, -0.15) is 5.26 Å². The highest BCUT2D eigenvalue weighted by molar-refractivity contribution is 6.09. The Morgan fingerprint density at radius 2 is 1.79 bits per heavy atom. The van der Waals surface area contributed by atoms with Crippen molar-refractivity contribution in [3.8, 4) is 11.8 Å². The number of unbranched alkanes of at least 4 members (excludes halogenated alkanes) is 2. The van der Waals surface area contributed by atoms with Crippen molar-refractivity contribution < 1.29 is 9.53 Å². The summed E-state index contributed by atoms with van der Waals surface area (Å²) < 4.78 is 5.67. The van der Waals surface area contributed by atoms with Crippen molar-refractivity contribution in [3.05, 3.63) is 65.2 Å². The van der Waals surface area contributed by atoms with Crippen LogP contribution in [0.4, 0.5) is 5.69 Å². The van der Waals surface area contributed by atoms with Crippen molar-refractivity contribution in [2.45, 2.75) is 46.0 Å². The Bertz CT molecular complexity index is 828. The zero-order valence-corrected chi connectivity index (χ0v) is 16.9. The molecule has 0 atom stereocenters. The van der Waals surface area contributed by atoms with Gasteiger partial charge in [-0.15, -0.1) is 0 Å². The van der Waals surface area contributed by atoms with Crippen molar-refractivity contribution in [2.24, 2.45) is 0 Å². The molecule has 28 heavy (non-hydrogen) atoms. The molecule has 0 aromatic heterocycles. The van der Waals surface area contributed by atoms with Crippen LogP contribution < -0.4 is 10.1 Å². The average molecular weight is 377 g/mol. The summed E-state index contributed by atoms with van der Waals surface area (Å²) in [5, 5.41) is 12.1. The number of nitriles is 1. The lowest BCUT2D eigenvalue weighted by Crippen LogP contribution is -2.13. The second kappa shape index (κ2) is 10.9. The average Bonchev–Trinajstić information content (AvgIpc) is 2.71. The molecule has 2 aromatic carbocycles. The molecule has 0 fully saturated rings. The van der Waals surface area contributed by atoms with E-state index >= 15 is 0 Å². The summed E-state index contributed by atoms with van der Waals surface area (Å²) in [5.41, 5.74) is 2.74. The number of hydrogen-bond acceptors (Lipinski definition) is 3. The number of nitrogens with one attached hydrogen (secondary N) is 1. The van der Waals surface area contributed by atoms with Crippen LogP contribution in [-0.4, -0.2) is 12.5 Å². The largest absolute Gasteiger partial charge is 0.494 e. The van der Waals surface area contributed by atoms with Crippen molar-refractivity contribution in [1.82, 2.24) is 0 Å². The normalized spacial score (nSPS) is 11.2. The molecule has 0 saturated heterocycles. The van der Waals surface area contributed by atoms with E-state index in [0.717, 1.165) is 30.6 Å². The van der Waals surface area contributed by atoms with Crippen LogP contribution in [0.3, 0.4) is 0 Å². The number of nitrogens with zero attached hydrogens (tertiary/aromatic N) is 1. The second-order valence-corrected chi connectivity index (χ2v) is 7.03. The number of carbonyl (C=O) groups is 1. The van der Waals surface area contributed by atoms with Gasteiger partial charge < -0.3 is 10.1 Å². The molecule has 0 heterocycles. The molecular weight excluding hydrogens is 348 g/mol. The molecule has 4 heteroatoms. The third-order valence-electron chi connectivity index (χ3n) is 4.41. The summed E-state index contributed by atoms with van der Waals surface area (Å²) in [5.74, 6) is 0.790. The SMILES string of the molecule is CCCCCOc1ccc(NC(=O)/C(C#N)=C/c2ccc(C(C)C)cc2)cc1. The van der Waals surface area contributed by atoms with Gasteiger partial charge in [0, 0.05) is 5.69 Å². The fraction of sp³-hybridized carbons (Fsp3) is 0.333. The van der Waals surface area contributed by atoms with E-state index in [9.17, 15) is 10.1 Å². The number of amides is 1. The van der Waals surface area contributed by atoms with E-state index in [1.54, 1.807) is 18.2 Å². The van der Waals surface area contributed by atoms with Gasteiger partial charge in [0.1, 0.15) is 17.4 Å². The standard InChI is InChI=1S/C24H28N2O2/c1-4-5-6-15-28-23-13-11-22(12-14-23)26-24(27)21(17-25)16-19-7-9-20(10-8-19)18(2)3/h7-14,16,18H,4-6,15H2,1-3H3,(H,26,27)/b21-16+. The highest BCUT2D eigenvalue weighted by Crippen LogP contribution is 2.19. The summed E-state index contributed by atoms with van der Waals surface area (Å²) in [4.78, 5) is 12.4. The minimum atomic E-state index is -0.424. The van der Waals surface area contributed by atoms with Gasteiger partial charge in [0.15, 0.2) is 0 Å². The molecule has 2 rings (SSSR count). The van der Waals surface area contributed by atoms with E-state index in [1.807, 2.05) is 42.5 Å². The first-order valence-corrected chi connectivity index (χ1v) is 9.79. The summed E-state index contributed by atoms with van der Waals surface area (Å²) in [7, 11) is 0. The van der Waals surface area contributed by atoms with Gasteiger partial charge >= 0.3 is 0 Å². The fourth-order valence-electron chi connectivity index (χ4n) is 2.67. The Labute approximate surface area is 167 Å². The maximum Gasteiger partial charge on any atom is 0.266 e. The molecule has 1 amide bonds. The number of ether oxygens (including phenoxy) is 1. The number of hydrogen-bond donors (Lipinski definition) is 1. The molecule has 146 valence electrons. The Morgan fingerprint density at radius 3 is 2.36 bits per heavy atom. The van der Waals surface area contributed by atoms with Gasteiger partial charge in [-0.3, -0.25) is 4.79 Å². The Kier molecular flexibility index (Phi) is 8.30. The number of benzene rings is 2. The highest BCUT2D eigenvalue weighted by Gasteiger charge is 2.10. The third-order valence-corrected chi connectivity index (χ3v) is 4.41. The van der Waals surface area contributed by atoms with Crippen molar-refractivity contribution >= 4 is 17.7 Å². The van der Waals surface area contributed by atoms with E-state index in [2.05, 4.69) is 26.1 Å². The number of carbonyl (C=O) groups excluding carboxylic acids is 1. The van der Waals surface area contributed by atoms with Gasteiger partial charge in [0.25, 0.3) is 5.91 Å². The first kappa shape index (κ1) is 21.2. The lowest BCUT2D eigenvalue weighted by Gasteiger charge is -2.08. The predicted octanol–water partition coefficient (Wildman–Crippen LogP) is 5.92. The summed E-state index contributed by atoms with van der Waals surface area (Å²) in [6.45, 7) is 7.10. The van der Waals surface area contributed by atoms with Gasteiger partial charge in [0.05, 0.1) is 6.61 Å². The topological polar surface area (TPSA) is 62.1 Å². The van der Waals surface area contributed by atoms with Crippen LogP contribution in [0, 0.1) is 11.3 Å². The van der Waals surface area contributed by atoms with Crippen LogP contribution >= 0.6 is 0 Å². The second-order valence-electron chi connectivity index (χ2n) is 7.03. The van der Waals surface area contributed by atoms with Crippen molar-refractivity contribution in [2.75, 3.05) is 11.9 Å². The molecule has 4 nitrogen and oxygen atoms in total. The molecular formula is C24H28N2O2. The highest BCUT2D eigenvalue weighted by atomic mass is 16.5. The monoisotopic (exact) mass is 376 g/mol. The predicted molar refractivity (Wildman–Crippen MR) is 114 cm³/mol. The number of rotatable bonds is 9. The van der Waals surface area contributed by atoms with E-state index in [-0.39, 0.29) is 5.57 Å². The van der Waals surface area contributed by atoms with Crippen LogP contribution in [-0.2, 0) is 4.79 Å². The molecule has 0 bridgehead atoms. The number of anilines is 1. The summed E-state index contributed by atoms with van der Waals surface area (Å²) in [6, 6.07) is 17.1. The van der Waals surface area contributed by atoms with Crippen LogP contribution in [0.25, 0.3) is 6.08 Å². The van der Waals surface area contributed by atoms with Crippen LogP contribution in [0.5, 0.6) is 5.75 Å².